The molecule has 0 saturated heterocycles. The highest BCUT2D eigenvalue weighted by Crippen LogP contribution is 2.41. The summed E-state index contributed by atoms with van der Waals surface area (Å²) < 4.78 is 5.05. The van der Waals surface area contributed by atoms with Gasteiger partial charge in [-0.25, -0.2) is 9.78 Å². The number of urea groups is 1. The van der Waals surface area contributed by atoms with Gasteiger partial charge in [0.05, 0.1) is 25.0 Å². The zero-order valence-corrected chi connectivity index (χ0v) is 18.0. The lowest BCUT2D eigenvalue weighted by Crippen LogP contribution is -2.56. The van der Waals surface area contributed by atoms with Crippen LogP contribution in [-0.4, -0.2) is 57.6 Å². The molecule has 0 spiro atoms. The molecule has 4 N–H and O–H groups in total. The molecular weight excluding hydrogens is 438 g/mol. The van der Waals surface area contributed by atoms with E-state index >= 15 is 0 Å². The Morgan fingerprint density at radius 1 is 1.47 bits per heavy atom. The number of aliphatic hydroxyl groups excluding tert-OH is 2. The molecule has 0 radical (unpaired) electrons. The second-order valence-electron chi connectivity index (χ2n) is 7.36. The Balaban J connectivity index is 2.14. The lowest BCUT2D eigenvalue weighted by molar-refractivity contribution is 0.105. The van der Waals surface area contributed by atoms with Crippen LogP contribution in [0.1, 0.15) is 40.0 Å². The molecule has 2 aromatic heterocycles. The Morgan fingerprint density at radius 3 is 2.88 bits per heavy atom. The summed E-state index contributed by atoms with van der Waals surface area (Å²) >= 11 is 5.63. The van der Waals surface area contributed by atoms with Crippen molar-refractivity contribution in [3.05, 3.63) is 40.7 Å². The van der Waals surface area contributed by atoms with E-state index in [4.69, 9.17) is 22.1 Å². The Morgan fingerprint density at radius 2 is 2.25 bits per heavy atom. The van der Waals surface area contributed by atoms with Crippen molar-refractivity contribution in [2.24, 2.45) is 5.73 Å². The van der Waals surface area contributed by atoms with Gasteiger partial charge in [-0.05, 0) is 18.9 Å². The fourth-order valence-electron chi connectivity index (χ4n) is 3.75. The number of nitriles is 1. The van der Waals surface area contributed by atoms with Gasteiger partial charge in [0.2, 0.25) is 11.6 Å². The minimum Gasteiger partial charge on any atom is -0.489 e. The smallest absolute Gasteiger partial charge is 0.426 e. The molecule has 1 aliphatic heterocycles. The van der Waals surface area contributed by atoms with Gasteiger partial charge in [0.1, 0.15) is 36.2 Å². The maximum absolute atomic E-state index is 12.8. The van der Waals surface area contributed by atoms with Crippen LogP contribution in [0.5, 0.6) is 5.75 Å². The van der Waals surface area contributed by atoms with E-state index in [0.717, 1.165) is 0 Å². The van der Waals surface area contributed by atoms with E-state index in [0.29, 0.717) is 36.7 Å². The molecule has 11 heteroatoms. The van der Waals surface area contributed by atoms with E-state index in [1.807, 2.05) is 6.07 Å². The molecule has 3 heterocycles. The first-order valence-corrected chi connectivity index (χ1v) is 10.5. The number of hydrogen-bond acceptors (Lipinski definition) is 8. The first kappa shape index (κ1) is 23.6. The van der Waals surface area contributed by atoms with E-state index in [1.165, 1.54) is 12.3 Å². The number of nitrogens with two attached hydrogens (primary N) is 1. The molecule has 168 valence electrons. The van der Waals surface area contributed by atoms with Crippen LogP contribution in [0.4, 0.5) is 16.4 Å². The maximum Gasteiger partial charge on any atom is 0.426 e. The van der Waals surface area contributed by atoms with Gasteiger partial charge < -0.3 is 20.7 Å². The summed E-state index contributed by atoms with van der Waals surface area (Å²) in [6.07, 6.45) is 2.38. The second kappa shape index (κ2) is 10.0. The zero-order valence-electron chi connectivity index (χ0n) is 17.2. The van der Waals surface area contributed by atoms with Gasteiger partial charge in [0, 0.05) is 23.4 Å². The largest absolute Gasteiger partial charge is 0.489 e. The van der Waals surface area contributed by atoms with Gasteiger partial charge in [0.25, 0.3) is 0 Å². The number of hydrogen-bond donors (Lipinski definition) is 3. The van der Waals surface area contributed by atoms with Crippen molar-refractivity contribution in [2.45, 2.75) is 32.0 Å². The topological polar surface area (TPSA) is 159 Å². The number of aryl methyl sites for hydroxylation is 1. The van der Waals surface area contributed by atoms with Crippen LogP contribution < -0.4 is 15.0 Å². The number of ether oxygens (including phenoxy) is 1. The standard InChI is InChI=1S/C21H22ClN5O5/c22-4-3-16(30)12-32-18-7-19(25-9-15(18)8-23)27(21(24)31)5-1-2-13-6-14(10-28)17(11-29)26-20(13)27/h6-7,9,11,16,28,30H,1-5,10,12H2,(H-,24,31)/p+1. The van der Waals surface area contributed by atoms with E-state index in [9.17, 15) is 25.1 Å². The third-order valence-electron chi connectivity index (χ3n) is 5.39. The Kier molecular flexibility index (Phi) is 7.37. The normalized spacial score (nSPS) is 18.3. The Labute approximate surface area is 189 Å². The number of nitrogens with zero attached hydrogens (tertiary/aromatic N) is 4. The van der Waals surface area contributed by atoms with Crippen molar-refractivity contribution >= 4 is 35.6 Å². The SMILES string of the molecule is N#Cc1cnc([N+]2(C(N)=O)CCCc3cc(CO)c(C=O)nc32)cc1OCC(O)CCCl. The van der Waals surface area contributed by atoms with Crippen LogP contribution in [0, 0.1) is 11.3 Å². The third kappa shape index (κ3) is 4.28. The van der Waals surface area contributed by atoms with Crippen molar-refractivity contribution in [1.82, 2.24) is 14.5 Å². The number of alkyl halides is 1. The molecule has 0 aromatic carbocycles. The van der Waals surface area contributed by atoms with Gasteiger partial charge in [-0.3, -0.25) is 4.79 Å². The molecule has 10 nitrogen and oxygen atoms in total. The summed E-state index contributed by atoms with van der Waals surface area (Å²) in [4.78, 5) is 33.0. The van der Waals surface area contributed by atoms with Crippen LogP contribution in [0.2, 0.25) is 0 Å². The van der Waals surface area contributed by atoms with Crippen molar-refractivity contribution < 1.29 is 24.5 Å². The number of primary amides is 1. The van der Waals surface area contributed by atoms with Gasteiger partial charge in [0.15, 0.2) is 6.29 Å². The monoisotopic (exact) mass is 460 g/mol. The molecule has 2 aromatic rings. The molecule has 0 aliphatic carbocycles. The van der Waals surface area contributed by atoms with Crippen LogP contribution in [0.3, 0.4) is 0 Å². The van der Waals surface area contributed by atoms with Gasteiger partial charge >= 0.3 is 6.03 Å². The number of halogens is 1. The summed E-state index contributed by atoms with van der Waals surface area (Å²) in [5.41, 5.74) is 6.99. The number of carbonyl (C=O) groups excluding carboxylic acids is 2. The highest BCUT2D eigenvalue weighted by Gasteiger charge is 2.47. The number of aldehydes is 1. The predicted octanol–water partition coefficient (Wildman–Crippen LogP) is 1.69. The molecule has 2 amide bonds. The molecule has 1 aliphatic rings. The van der Waals surface area contributed by atoms with E-state index in [-0.39, 0.29) is 54.3 Å². The minimum atomic E-state index is -0.834. The number of aliphatic hydroxyl groups is 2. The molecule has 0 saturated carbocycles. The van der Waals surface area contributed by atoms with Crippen LogP contribution >= 0.6 is 11.6 Å². The van der Waals surface area contributed by atoms with Crippen LogP contribution in [0.15, 0.2) is 18.3 Å². The zero-order chi connectivity index (χ0) is 23.3. The minimum absolute atomic E-state index is 0.00575. The van der Waals surface area contributed by atoms with Crippen molar-refractivity contribution in [1.29, 1.82) is 5.26 Å². The molecular formula is C21H23ClN5O5+. The Bertz CT molecular complexity index is 1070. The average Bonchev–Trinajstić information content (AvgIpc) is 2.81. The fourth-order valence-corrected chi connectivity index (χ4v) is 4.00. The molecule has 2 atom stereocenters. The highest BCUT2D eigenvalue weighted by atomic mass is 35.5. The quantitative estimate of drug-likeness (QED) is 0.304. The van der Waals surface area contributed by atoms with Crippen LogP contribution in [-0.2, 0) is 13.0 Å². The summed E-state index contributed by atoms with van der Waals surface area (Å²) in [5, 5.41) is 28.9. The molecule has 32 heavy (non-hydrogen) atoms. The summed E-state index contributed by atoms with van der Waals surface area (Å²) in [7, 11) is 0. The maximum atomic E-state index is 12.8. The number of aromatic nitrogens is 2. The number of pyridine rings is 2. The van der Waals surface area contributed by atoms with Gasteiger partial charge in [-0.15, -0.1) is 16.1 Å². The number of fused-ring (bicyclic) bond motifs is 1. The number of amides is 2. The van der Waals surface area contributed by atoms with E-state index in [2.05, 4.69) is 9.97 Å². The fraction of sp³-hybridized carbons (Fsp3) is 0.381. The lowest BCUT2D eigenvalue weighted by Gasteiger charge is -2.35. The van der Waals surface area contributed by atoms with Gasteiger partial charge in [-0.1, -0.05) is 0 Å². The first-order valence-electron chi connectivity index (χ1n) is 9.96. The van der Waals surface area contributed by atoms with Crippen LogP contribution in [0.25, 0.3) is 0 Å². The number of rotatable bonds is 8. The molecule has 2 unspecified atom stereocenters. The summed E-state index contributed by atoms with van der Waals surface area (Å²) in [5.74, 6) is 0.782. The number of quaternary nitrogens is 1. The Hall–Kier alpha value is -3.10. The number of carbonyl (C=O) groups is 2. The van der Waals surface area contributed by atoms with Crippen molar-refractivity contribution in [3.63, 3.8) is 0 Å². The molecule has 0 fully saturated rings. The highest BCUT2D eigenvalue weighted by molar-refractivity contribution is 6.17. The summed E-state index contributed by atoms with van der Waals surface area (Å²) in [6.45, 7) is -0.243. The molecule has 0 bridgehead atoms. The van der Waals surface area contributed by atoms with Gasteiger partial charge in [-0.2, -0.15) is 10.2 Å². The predicted molar refractivity (Wildman–Crippen MR) is 116 cm³/mol. The average molecular weight is 461 g/mol. The van der Waals surface area contributed by atoms with Crippen molar-refractivity contribution in [2.75, 3.05) is 19.0 Å². The second-order valence-corrected chi connectivity index (χ2v) is 7.74. The first-order chi connectivity index (χ1) is 15.4. The van der Waals surface area contributed by atoms with E-state index in [1.54, 1.807) is 6.07 Å². The summed E-state index contributed by atoms with van der Waals surface area (Å²) in [6, 6.07) is 4.27. The van der Waals surface area contributed by atoms with E-state index < -0.39 is 16.6 Å². The third-order valence-corrected chi connectivity index (χ3v) is 5.61. The van der Waals surface area contributed by atoms with Crippen molar-refractivity contribution in [3.8, 4) is 11.8 Å². The molecule has 3 rings (SSSR count). The lowest BCUT2D eigenvalue weighted by atomic mass is 9.99.